The zero-order valence-corrected chi connectivity index (χ0v) is 22.5. The minimum absolute atomic E-state index is 0.116. The molecular formula is C30H32FN7O2. The molecule has 1 fully saturated rings. The predicted octanol–water partition coefficient (Wildman–Crippen LogP) is 4.21. The summed E-state index contributed by atoms with van der Waals surface area (Å²) in [7, 11) is 0. The van der Waals surface area contributed by atoms with Crippen molar-refractivity contribution in [1.82, 2.24) is 19.9 Å². The highest BCUT2D eigenvalue weighted by Crippen LogP contribution is 2.27. The molecule has 0 saturated carbocycles. The van der Waals surface area contributed by atoms with Crippen LogP contribution in [0.5, 0.6) is 0 Å². The van der Waals surface area contributed by atoms with E-state index in [4.69, 9.17) is 0 Å². The second-order valence-electron chi connectivity index (χ2n) is 10.6. The van der Waals surface area contributed by atoms with E-state index in [1.54, 1.807) is 16.7 Å². The standard InChI is InChI=1S/C30H32FN7O2/c1-30(2,40)26(31)19-35-29(39)24-18-33-27(38-13-8-21-14-20(16-32)17-34-28(21)38)15-25(24)36-22-9-11-37(12-10-22)23-6-4-3-5-7-23/h3-8,13-15,17-18,22,26,40H,9-12,19H2,1-2H3,(H,33,36)(H,35,39). The summed E-state index contributed by atoms with van der Waals surface area (Å²) in [6.07, 6.45) is 4.90. The molecule has 0 aliphatic carbocycles. The van der Waals surface area contributed by atoms with Crippen molar-refractivity contribution >= 4 is 28.3 Å². The van der Waals surface area contributed by atoms with Gasteiger partial charge < -0.3 is 20.6 Å². The number of fused-ring (bicyclic) bond motifs is 1. The van der Waals surface area contributed by atoms with Gasteiger partial charge in [0.1, 0.15) is 23.7 Å². The van der Waals surface area contributed by atoms with Crippen LogP contribution in [0, 0.1) is 11.3 Å². The number of benzene rings is 1. The van der Waals surface area contributed by atoms with Crippen molar-refractivity contribution in [2.75, 3.05) is 29.9 Å². The number of nitrogens with one attached hydrogen (secondary N) is 2. The molecule has 0 bridgehead atoms. The molecule has 0 radical (unpaired) electrons. The summed E-state index contributed by atoms with van der Waals surface area (Å²) in [5.41, 5.74) is 1.58. The first-order valence-electron chi connectivity index (χ1n) is 13.3. The fraction of sp³-hybridized carbons (Fsp3) is 0.333. The molecule has 206 valence electrons. The fourth-order valence-corrected chi connectivity index (χ4v) is 4.81. The van der Waals surface area contributed by atoms with Crippen molar-refractivity contribution < 1.29 is 14.3 Å². The van der Waals surface area contributed by atoms with Crippen LogP contribution < -0.4 is 15.5 Å². The molecule has 1 unspecified atom stereocenters. The number of alkyl halides is 1. The Balaban J connectivity index is 1.40. The summed E-state index contributed by atoms with van der Waals surface area (Å²) < 4.78 is 16.2. The van der Waals surface area contributed by atoms with Crippen molar-refractivity contribution in [2.24, 2.45) is 0 Å². The van der Waals surface area contributed by atoms with Crippen LogP contribution >= 0.6 is 0 Å². The Morgan fingerprint density at radius 1 is 1.18 bits per heavy atom. The Bertz CT molecular complexity index is 1530. The van der Waals surface area contributed by atoms with E-state index in [9.17, 15) is 19.6 Å². The van der Waals surface area contributed by atoms with E-state index in [2.05, 4.69) is 43.7 Å². The average molecular weight is 542 g/mol. The number of amides is 1. The number of nitriles is 1. The van der Waals surface area contributed by atoms with E-state index in [-0.39, 0.29) is 18.2 Å². The quantitative estimate of drug-likeness (QED) is 0.306. The topological polar surface area (TPSA) is 119 Å². The van der Waals surface area contributed by atoms with Crippen LogP contribution in [0.25, 0.3) is 16.9 Å². The maximum Gasteiger partial charge on any atom is 0.255 e. The molecule has 4 heterocycles. The van der Waals surface area contributed by atoms with E-state index >= 15 is 0 Å². The van der Waals surface area contributed by atoms with Gasteiger partial charge in [-0.2, -0.15) is 5.26 Å². The van der Waals surface area contributed by atoms with E-state index < -0.39 is 17.7 Å². The molecule has 1 saturated heterocycles. The number of halogens is 1. The van der Waals surface area contributed by atoms with Crippen LogP contribution in [0.3, 0.4) is 0 Å². The summed E-state index contributed by atoms with van der Waals surface area (Å²) >= 11 is 0. The number of carbonyl (C=O) groups is 1. The molecule has 4 aromatic rings. The smallest absolute Gasteiger partial charge is 0.255 e. The van der Waals surface area contributed by atoms with Crippen molar-refractivity contribution in [2.45, 2.75) is 44.5 Å². The average Bonchev–Trinajstić information content (AvgIpc) is 3.39. The molecule has 1 aliphatic heterocycles. The van der Waals surface area contributed by atoms with Gasteiger partial charge in [-0.25, -0.2) is 14.4 Å². The highest BCUT2D eigenvalue weighted by atomic mass is 19.1. The molecular weight excluding hydrogens is 509 g/mol. The lowest BCUT2D eigenvalue weighted by Gasteiger charge is -2.34. The molecule has 1 atom stereocenters. The zero-order chi connectivity index (χ0) is 28.3. The van der Waals surface area contributed by atoms with Crippen LogP contribution in [0.1, 0.15) is 42.6 Å². The lowest BCUT2D eigenvalue weighted by atomic mass is 10.0. The Kier molecular flexibility index (Phi) is 7.67. The van der Waals surface area contributed by atoms with E-state index in [1.165, 1.54) is 31.9 Å². The van der Waals surface area contributed by atoms with Crippen LogP contribution in [-0.2, 0) is 0 Å². The van der Waals surface area contributed by atoms with Gasteiger partial charge in [-0.05, 0) is 51.0 Å². The molecule has 1 aromatic carbocycles. The minimum atomic E-state index is -1.63. The van der Waals surface area contributed by atoms with Gasteiger partial charge in [-0.1, -0.05) is 18.2 Å². The number of hydrogen-bond acceptors (Lipinski definition) is 7. The van der Waals surface area contributed by atoms with Crippen molar-refractivity contribution in [3.05, 3.63) is 78.2 Å². The maximum atomic E-state index is 14.4. The number of rotatable bonds is 8. The third-order valence-corrected chi connectivity index (χ3v) is 7.22. The third kappa shape index (κ3) is 5.90. The highest BCUT2D eigenvalue weighted by Gasteiger charge is 2.28. The monoisotopic (exact) mass is 541 g/mol. The Morgan fingerprint density at radius 2 is 1.93 bits per heavy atom. The van der Waals surface area contributed by atoms with Gasteiger partial charge >= 0.3 is 0 Å². The summed E-state index contributed by atoms with van der Waals surface area (Å²) in [6, 6.07) is 17.9. The fourth-order valence-electron chi connectivity index (χ4n) is 4.81. The van der Waals surface area contributed by atoms with Gasteiger partial charge in [0.25, 0.3) is 5.91 Å². The SMILES string of the molecule is CC(C)(O)C(F)CNC(=O)c1cnc(-n2ccc3cc(C#N)cnc32)cc1NC1CCN(c2ccccc2)CC1. The van der Waals surface area contributed by atoms with Crippen LogP contribution in [0.15, 0.2) is 67.1 Å². The highest BCUT2D eigenvalue weighted by molar-refractivity contribution is 5.99. The molecule has 3 N–H and O–H groups in total. The number of anilines is 2. The first-order valence-corrected chi connectivity index (χ1v) is 13.3. The van der Waals surface area contributed by atoms with Crippen LogP contribution in [0.4, 0.5) is 15.8 Å². The molecule has 1 amide bonds. The van der Waals surface area contributed by atoms with Gasteiger partial charge in [0.05, 0.1) is 29.0 Å². The zero-order valence-electron chi connectivity index (χ0n) is 22.5. The molecule has 1 aliphatic rings. The van der Waals surface area contributed by atoms with Crippen molar-refractivity contribution in [1.29, 1.82) is 5.26 Å². The van der Waals surface area contributed by atoms with Crippen LogP contribution in [0.2, 0.25) is 0 Å². The van der Waals surface area contributed by atoms with Gasteiger partial charge in [0.15, 0.2) is 0 Å². The predicted molar refractivity (Wildman–Crippen MR) is 152 cm³/mol. The maximum absolute atomic E-state index is 14.4. The largest absolute Gasteiger partial charge is 0.387 e. The second-order valence-corrected chi connectivity index (χ2v) is 10.6. The Morgan fingerprint density at radius 3 is 2.62 bits per heavy atom. The molecule has 0 spiro atoms. The minimum Gasteiger partial charge on any atom is -0.387 e. The van der Waals surface area contributed by atoms with E-state index in [0.717, 1.165) is 31.3 Å². The molecule has 5 rings (SSSR count). The second kappa shape index (κ2) is 11.3. The van der Waals surface area contributed by atoms with E-state index in [1.807, 2.05) is 30.5 Å². The summed E-state index contributed by atoms with van der Waals surface area (Å²) in [5.74, 6) is 0.0668. The van der Waals surface area contributed by atoms with Crippen molar-refractivity contribution in [3.63, 3.8) is 0 Å². The van der Waals surface area contributed by atoms with E-state index in [0.29, 0.717) is 22.7 Å². The number of aliphatic hydroxyl groups is 1. The Hall–Kier alpha value is -4.49. The normalized spacial score (nSPS) is 15.0. The molecule has 40 heavy (non-hydrogen) atoms. The summed E-state index contributed by atoms with van der Waals surface area (Å²) in [5, 5.41) is 26.1. The number of para-hydroxylation sites is 1. The van der Waals surface area contributed by atoms with Gasteiger partial charge in [0.2, 0.25) is 0 Å². The van der Waals surface area contributed by atoms with Gasteiger partial charge in [0, 0.05) is 54.9 Å². The van der Waals surface area contributed by atoms with Gasteiger partial charge in [-0.15, -0.1) is 0 Å². The lowest BCUT2D eigenvalue weighted by Crippen LogP contribution is -2.42. The Labute approximate surface area is 232 Å². The number of carbonyl (C=O) groups excluding carboxylic acids is 1. The molecule has 10 heteroatoms. The number of pyridine rings is 2. The van der Waals surface area contributed by atoms with Gasteiger partial charge in [-0.3, -0.25) is 9.36 Å². The first kappa shape index (κ1) is 27.1. The number of piperidine rings is 1. The number of nitrogens with zero attached hydrogens (tertiary/aromatic N) is 5. The summed E-state index contributed by atoms with van der Waals surface area (Å²) in [4.78, 5) is 24.5. The molecule has 9 nitrogen and oxygen atoms in total. The summed E-state index contributed by atoms with van der Waals surface area (Å²) in [6.45, 7) is 4.13. The number of hydrogen-bond donors (Lipinski definition) is 3. The van der Waals surface area contributed by atoms with Crippen molar-refractivity contribution in [3.8, 4) is 11.9 Å². The number of aromatic nitrogens is 3. The lowest BCUT2D eigenvalue weighted by molar-refractivity contribution is -0.00177. The third-order valence-electron chi connectivity index (χ3n) is 7.22. The first-order chi connectivity index (χ1) is 19.2. The molecule has 3 aromatic heterocycles. The van der Waals surface area contributed by atoms with Crippen LogP contribution in [-0.4, -0.2) is 63.0 Å².